The molecule has 2 unspecified atom stereocenters. The van der Waals surface area contributed by atoms with Gasteiger partial charge in [0.1, 0.15) is 36.3 Å². The maximum absolute atomic E-state index is 12.7. The zero-order valence-electron chi connectivity index (χ0n) is 34.3. The highest BCUT2D eigenvalue weighted by molar-refractivity contribution is 8.14. The number of hydrogen-bond acceptors (Lipinski definition) is 18. The molecule has 0 bridgehead atoms. The number of hydrogen-bond donors (Lipinski definition) is 9. The number of carbonyl (C=O) groups excluding carboxylic acids is 3. The van der Waals surface area contributed by atoms with Gasteiger partial charge in [-0.3, -0.25) is 32.5 Å². The Morgan fingerprint density at radius 1 is 0.984 bits per heavy atom. The van der Waals surface area contributed by atoms with Gasteiger partial charge in [-0.15, -0.1) is 0 Å². The predicted octanol–water partition coefficient (Wildman–Crippen LogP) is 2.53. The fraction of sp³-hybridized carbons (Fsp3) is 0.647. The quantitative estimate of drug-likeness (QED) is 0.0256. The van der Waals surface area contributed by atoms with E-state index in [4.69, 9.17) is 19.5 Å². The summed E-state index contributed by atoms with van der Waals surface area (Å²) in [7, 11) is -16.4. The highest BCUT2D eigenvalue weighted by Gasteiger charge is 2.50. The molecule has 1 aliphatic heterocycles. The van der Waals surface area contributed by atoms with Gasteiger partial charge >= 0.3 is 23.5 Å². The van der Waals surface area contributed by atoms with Crippen LogP contribution in [0, 0.1) is 5.41 Å². The molecule has 2 amide bonds. The van der Waals surface area contributed by atoms with Crippen molar-refractivity contribution in [2.45, 2.75) is 103 Å². The van der Waals surface area contributed by atoms with Crippen LogP contribution in [0.25, 0.3) is 11.2 Å². The number of nitrogens with zero attached hydrogens (tertiary/aromatic N) is 4. The second-order valence-electron chi connectivity index (χ2n) is 14.5. The number of imidazole rings is 1. The number of aliphatic hydroxyl groups excluding tert-OH is 2. The van der Waals surface area contributed by atoms with E-state index in [0.29, 0.717) is 5.75 Å². The van der Waals surface area contributed by atoms with E-state index in [2.05, 4.69) is 53.5 Å². The molecule has 0 aliphatic carbocycles. The number of phosphoric ester groups is 3. The van der Waals surface area contributed by atoms with Crippen molar-refractivity contribution in [1.82, 2.24) is 30.2 Å². The Labute approximate surface area is 361 Å². The summed E-state index contributed by atoms with van der Waals surface area (Å²) in [5, 5.41) is 26.3. The predicted molar refractivity (Wildman–Crippen MR) is 223 cm³/mol. The molecule has 0 saturated carbocycles. The molecule has 1 aliphatic rings. The lowest BCUT2D eigenvalue weighted by atomic mass is 9.87. The first-order chi connectivity index (χ1) is 29.1. The minimum Gasteiger partial charge on any atom is -0.386 e. The number of fused-ring (bicyclic) bond motifs is 1. The number of amides is 2. The fourth-order valence-corrected chi connectivity index (χ4v) is 9.05. The molecule has 1 fully saturated rings. The number of nitrogens with one attached hydrogen (secondary N) is 2. The number of phosphoric acid groups is 3. The zero-order valence-corrected chi connectivity index (χ0v) is 37.8. The summed E-state index contributed by atoms with van der Waals surface area (Å²) < 4.78 is 62.3. The molecule has 24 nitrogen and oxygen atoms in total. The number of ether oxygens (including phenoxy) is 1. The van der Waals surface area contributed by atoms with Gasteiger partial charge < -0.3 is 50.9 Å². The minimum absolute atomic E-state index is 0.0307. The zero-order chi connectivity index (χ0) is 46.1. The van der Waals surface area contributed by atoms with Gasteiger partial charge in [0.05, 0.1) is 19.5 Å². The Balaban J connectivity index is 1.39. The first-order valence-corrected chi connectivity index (χ1v) is 24.9. The van der Waals surface area contributed by atoms with Gasteiger partial charge in [-0.05, 0) is 31.8 Å². The number of aliphatic hydroxyl groups is 2. The van der Waals surface area contributed by atoms with E-state index in [-0.39, 0.29) is 41.6 Å². The Morgan fingerprint density at radius 2 is 1.68 bits per heavy atom. The smallest absolute Gasteiger partial charge is 0.386 e. The largest absolute Gasteiger partial charge is 0.481 e. The number of rotatable bonds is 28. The average Bonchev–Trinajstić information content (AvgIpc) is 3.75. The summed E-state index contributed by atoms with van der Waals surface area (Å²) in [6.07, 6.45) is 8.19. The summed E-state index contributed by atoms with van der Waals surface area (Å²) in [6.45, 7) is 2.66. The molecule has 3 rings (SSSR count). The molecule has 1 saturated heterocycles. The van der Waals surface area contributed by atoms with E-state index in [1.807, 2.05) is 6.08 Å². The molecular formula is C34H56N7O17P3S. The highest BCUT2D eigenvalue weighted by Crippen LogP contribution is 2.61. The minimum atomic E-state index is -5.58. The van der Waals surface area contributed by atoms with Gasteiger partial charge in [-0.2, -0.15) is 4.31 Å². The molecule has 62 heavy (non-hydrogen) atoms. The second kappa shape index (κ2) is 24.9. The molecule has 2 aromatic rings. The van der Waals surface area contributed by atoms with Crippen LogP contribution < -0.4 is 16.4 Å². The van der Waals surface area contributed by atoms with Crippen molar-refractivity contribution in [3.05, 3.63) is 37.0 Å². The Hall–Kier alpha value is -2.96. The third-order valence-corrected chi connectivity index (χ3v) is 12.8. The van der Waals surface area contributed by atoms with Crippen LogP contribution in [0.15, 0.2) is 37.0 Å². The van der Waals surface area contributed by atoms with Gasteiger partial charge in [0.15, 0.2) is 17.7 Å². The van der Waals surface area contributed by atoms with Crippen LogP contribution in [0.2, 0.25) is 0 Å². The van der Waals surface area contributed by atoms with Gasteiger partial charge in [0.2, 0.25) is 16.9 Å². The maximum atomic E-state index is 12.7. The fourth-order valence-electron chi connectivity index (χ4n) is 5.63. The molecule has 2 aromatic heterocycles. The number of nitrogen functional groups attached to an aromatic ring is 1. The lowest BCUT2D eigenvalue weighted by Crippen LogP contribution is -2.46. The molecule has 3 heterocycles. The molecule has 350 valence electrons. The van der Waals surface area contributed by atoms with Crippen molar-refractivity contribution in [3.63, 3.8) is 0 Å². The lowest BCUT2D eigenvalue weighted by molar-refractivity contribution is -0.137. The Bertz CT molecular complexity index is 2000. The van der Waals surface area contributed by atoms with E-state index in [9.17, 15) is 57.9 Å². The van der Waals surface area contributed by atoms with Gasteiger partial charge in [-0.1, -0.05) is 70.0 Å². The van der Waals surface area contributed by atoms with Crippen LogP contribution in [0.1, 0.15) is 78.4 Å². The van der Waals surface area contributed by atoms with Crippen molar-refractivity contribution in [2.75, 3.05) is 37.8 Å². The van der Waals surface area contributed by atoms with Crippen LogP contribution in [0.5, 0.6) is 0 Å². The topological polar surface area (TPSA) is 364 Å². The summed E-state index contributed by atoms with van der Waals surface area (Å²) >= 11 is 1.04. The summed E-state index contributed by atoms with van der Waals surface area (Å²) in [5.74, 6) is -1.13. The molecule has 7 atom stereocenters. The van der Waals surface area contributed by atoms with Crippen LogP contribution in [-0.2, 0) is 50.7 Å². The highest BCUT2D eigenvalue weighted by atomic mass is 32.2. The van der Waals surface area contributed by atoms with Crippen molar-refractivity contribution in [1.29, 1.82) is 0 Å². The van der Waals surface area contributed by atoms with E-state index in [0.717, 1.165) is 48.2 Å². The molecule has 0 aromatic carbocycles. The van der Waals surface area contributed by atoms with E-state index < -0.39 is 84.6 Å². The monoisotopic (exact) mass is 959 g/mol. The standard InChI is InChI=1S/C34H56N7O17P3S/c1-4-5-6-7-8-9-10-11-12-13-14-25(43)62-18-17-36-24(42)15-16-37-32(46)29(45)34(2,3)20-55-61(52,53)58-60(50,51)54-19-23-28(57-59(47,48)49)27(44)33(56-23)41-22-40-26-30(35)38-21-39-31(26)41/h9-10,13-14,21-23,27-29,33,44-45H,4-8,11-12,15-20H2,1-3H3,(H,36,42)(H,37,46)(H,50,51)(H,52,53)(H2,35,38,39)(H2,47,48,49)/b10-9-,14-13+/t23-,27-,28-,29+,33-/m1/s1. The summed E-state index contributed by atoms with van der Waals surface area (Å²) in [6, 6.07) is 0. The summed E-state index contributed by atoms with van der Waals surface area (Å²) in [5.41, 5.74) is 4.27. The van der Waals surface area contributed by atoms with Crippen LogP contribution >= 0.6 is 35.2 Å². The number of nitrogens with two attached hydrogens (primary N) is 1. The van der Waals surface area contributed by atoms with E-state index in [1.54, 1.807) is 0 Å². The lowest BCUT2D eigenvalue weighted by Gasteiger charge is -2.30. The second-order valence-corrected chi connectivity index (χ2v) is 19.9. The third kappa shape index (κ3) is 18.3. The summed E-state index contributed by atoms with van der Waals surface area (Å²) in [4.78, 5) is 87.9. The van der Waals surface area contributed by atoms with Crippen molar-refractivity contribution >= 4 is 69.1 Å². The number of carbonyl (C=O) groups is 3. The molecular weight excluding hydrogens is 903 g/mol. The normalized spacial score (nSPS) is 21.0. The third-order valence-electron chi connectivity index (χ3n) is 8.89. The molecule has 10 N–H and O–H groups in total. The van der Waals surface area contributed by atoms with Crippen molar-refractivity contribution in [2.24, 2.45) is 5.41 Å². The van der Waals surface area contributed by atoms with E-state index >= 15 is 0 Å². The first kappa shape index (κ1) is 53.4. The van der Waals surface area contributed by atoms with Gasteiger partial charge in [0, 0.05) is 30.7 Å². The number of allylic oxidation sites excluding steroid dienone is 3. The molecule has 28 heteroatoms. The Morgan fingerprint density at radius 3 is 2.39 bits per heavy atom. The van der Waals surface area contributed by atoms with Crippen LogP contribution in [0.3, 0.4) is 0 Å². The first-order valence-electron chi connectivity index (χ1n) is 19.4. The number of unbranched alkanes of at least 4 members (excludes halogenated alkanes) is 5. The molecule has 0 spiro atoms. The SMILES string of the molecule is CCCCCC/C=C\CC/C=C/C(=O)SCCNC(=O)CCNC(=O)[C@H](O)C(C)(C)COP(=O)(O)OP(=O)(O)OC[C@H]1O[C@@H](n2cnc3c(N)ncnc32)[C@H](O)[C@@H]1OP(=O)(O)O. The van der Waals surface area contributed by atoms with Gasteiger partial charge in [0.25, 0.3) is 0 Å². The van der Waals surface area contributed by atoms with E-state index in [1.165, 1.54) is 45.6 Å². The maximum Gasteiger partial charge on any atom is 0.481 e. The van der Waals surface area contributed by atoms with Gasteiger partial charge in [-0.25, -0.2) is 28.6 Å². The number of thioether (sulfide) groups is 1. The number of anilines is 1. The van der Waals surface area contributed by atoms with Crippen LogP contribution in [-0.4, -0.2) is 123 Å². The van der Waals surface area contributed by atoms with Crippen LogP contribution in [0.4, 0.5) is 5.82 Å². The van der Waals surface area contributed by atoms with Crippen molar-refractivity contribution in [3.8, 4) is 0 Å². The Kier molecular flexibility index (Phi) is 21.5. The molecule has 0 radical (unpaired) electrons. The van der Waals surface area contributed by atoms with Crippen molar-refractivity contribution < 1.29 is 80.5 Å². The average molecular weight is 960 g/mol. The number of aromatic nitrogens is 4.